The molecule has 0 radical (unpaired) electrons. The molecule has 0 heterocycles. The van der Waals surface area contributed by atoms with E-state index in [1.54, 1.807) is 0 Å². The third-order valence-electron chi connectivity index (χ3n) is 3.50. The molecule has 3 heteroatoms. The summed E-state index contributed by atoms with van der Waals surface area (Å²) < 4.78 is 0. The van der Waals surface area contributed by atoms with Gasteiger partial charge in [0.15, 0.2) is 0 Å². The minimum Gasteiger partial charge on any atom is -0.480 e. The van der Waals surface area contributed by atoms with Crippen LogP contribution in [-0.2, 0) is 17.6 Å². The van der Waals surface area contributed by atoms with Crippen LogP contribution < -0.4 is 5.73 Å². The molecule has 0 aromatic heterocycles. The molecule has 1 aromatic rings. The number of benzene rings is 1. The van der Waals surface area contributed by atoms with Gasteiger partial charge in [0.05, 0.1) is 0 Å². The van der Waals surface area contributed by atoms with Crippen LogP contribution in [0.15, 0.2) is 18.2 Å². The second kappa shape index (κ2) is 4.26. The fraction of sp³-hybridized carbons (Fsp3) is 0.462. The van der Waals surface area contributed by atoms with Gasteiger partial charge in [0.25, 0.3) is 0 Å². The molecule has 1 aliphatic carbocycles. The van der Waals surface area contributed by atoms with E-state index >= 15 is 0 Å². The molecule has 2 atom stereocenters. The van der Waals surface area contributed by atoms with Crippen LogP contribution in [0.1, 0.15) is 36.0 Å². The summed E-state index contributed by atoms with van der Waals surface area (Å²) in [6.45, 7) is 1.90. The van der Waals surface area contributed by atoms with Gasteiger partial charge in [-0.05, 0) is 36.0 Å². The number of carboxylic acids is 1. The highest BCUT2D eigenvalue weighted by molar-refractivity contribution is 5.74. The first-order valence-electron chi connectivity index (χ1n) is 5.70. The first-order chi connectivity index (χ1) is 7.61. The summed E-state index contributed by atoms with van der Waals surface area (Å²) in [5.74, 6) is -1.05. The Hall–Kier alpha value is -1.35. The van der Waals surface area contributed by atoms with Gasteiger partial charge in [-0.2, -0.15) is 0 Å². The van der Waals surface area contributed by atoms with Crippen molar-refractivity contribution in [2.45, 2.75) is 38.1 Å². The zero-order valence-electron chi connectivity index (χ0n) is 9.44. The molecule has 0 amide bonds. The van der Waals surface area contributed by atoms with Gasteiger partial charge in [-0.25, -0.2) is 0 Å². The van der Waals surface area contributed by atoms with Crippen molar-refractivity contribution in [3.05, 3.63) is 34.9 Å². The fourth-order valence-corrected chi connectivity index (χ4v) is 2.48. The van der Waals surface area contributed by atoms with Crippen LogP contribution in [0, 0.1) is 0 Å². The van der Waals surface area contributed by atoms with Crippen molar-refractivity contribution in [3.8, 4) is 0 Å². The van der Waals surface area contributed by atoms with Crippen molar-refractivity contribution in [1.29, 1.82) is 0 Å². The van der Waals surface area contributed by atoms with Gasteiger partial charge < -0.3 is 10.8 Å². The Morgan fingerprint density at radius 1 is 1.44 bits per heavy atom. The summed E-state index contributed by atoms with van der Waals surface area (Å²) in [5, 5.41) is 8.94. The van der Waals surface area contributed by atoms with Gasteiger partial charge in [-0.3, -0.25) is 4.79 Å². The number of nitrogens with two attached hydrogens (primary N) is 1. The first-order valence-corrected chi connectivity index (χ1v) is 5.70. The van der Waals surface area contributed by atoms with E-state index in [0.717, 1.165) is 18.4 Å². The zero-order chi connectivity index (χ0) is 11.7. The largest absolute Gasteiger partial charge is 0.480 e. The van der Waals surface area contributed by atoms with E-state index in [9.17, 15) is 4.79 Å². The molecule has 0 aliphatic heterocycles. The van der Waals surface area contributed by atoms with E-state index in [1.165, 1.54) is 17.5 Å². The molecule has 3 nitrogen and oxygen atoms in total. The van der Waals surface area contributed by atoms with E-state index in [1.807, 2.05) is 19.1 Å². The lowest BCUT2D eigenvalue weighted by Crippen LogP contribution is -2.35. The van der Waals surface area contributed by atoms with Gasteiger partial charge in [-0.1, -0.05) is 25.1 Å². The summed E-state index contributed by atoms with van der Waals surface area (Å²) in [6, 6.07) is 5.33. The van der Waals surface area contributed by atoms with E-state index in [-0.39, 0.29) is 5.92 Å². The number of carbonyl (C=O) groups is 1. The van der Waals surface area contributed by atoms with Crippen LogP contribution in [0.3, 0.4) is 0 Å². The molecule has 1 aromatic carbocycles. The van der Waals surface area contributed by atoms with Crippen LogP contribution in [0.2, 0.25) is 0 Å². The molecule has 0 spiro atoms. The van der Waals surface area contributed by atoms with Crippen LogP contribution >= 0.6 is 0 Å². The molecule has 0 unspecified atom stereocenters. The van der Waals surface area contributed by atoms with E-state index in [2.05, 4.69) is 6.07 Å². The van der Waals surface area contributed by atoms with Crippen LogP contribution in [0.25, 0.3) is 0 Å². The maximum absolute atomic E-state index is 10.9. The molecule has 86 valence electrons. The third-order valence-corrected chi connectivity index (χ3v) is 3.50. The predicted molar refractivity (Wildman–Crippen MR) is 62.5 cm³/mol. The summed E-state index contributed by atoms with van der Waals surface area (Å²) in [7, 11) is 0. The topological polar surface area (TPSA) is 63.3 Å². The molecule has 0 fully saturated rings. The molecule has 2 rings (SSSR count). The average molecular weight is 219 g/mol. The number of carboxylic acid groups (broad SMARTS) is 1. The Bertz CT molecular complexity index is 414. The second-order valence-corrected chi connectivity index (χ2v) is 4.49. The normalized spacial score (nSPS) is 17.9. The highest BCUT2D eigenvalue weighted by atomic mass is 16.4. The van der Waals surface area contributed by atoms with Crippen LogP contribution in [0.5, 0.6) is 0 Å². The molecule has 1 aliphatic rings. The molecule has 16 heavy (non-hydrogen) atoms. The molecular weight excluding hydrogens is 202 g/mol. The lowest BCUT2D eigenvalue weighted by Gasteiger charge is -2.19. The number of fused-ring (bicyclic) bond motifs is 1. The summed E-state index contributed by atoms with van der Waals surface area (Å²) in [4.78, 5) is 10.9. The number of hydrogen-bond donors (Lipinski definition) is 2. The minimum atomic E-state index is -0.928. The standard InChI is InChI=1S/C13H17NO2/c1-8(12(14)13(15)16)10-6-2-4-9-5-3-7-11(9)10/h2,4,6,8,12H,3,5,7,14H2,1H3,(H,15,16)/t8-,12+/m1/s1. The van der Waals surface area contributed by atoms with Gasteiger partial charge in [-0.15, -0.1) is 0 Å². The van der Waals surface area contributed by atoms with Crippen molar-refractivity contribution < 1.29 is 9.90 Å². The lowest BCUT2D eigenvalue weighted by molar-refractivity contribution is -0.139. The fourth-order valence-electron chi connectivity index (χ4n) is 2.48. The van der Waals surface area contributed by atoms with Crippen LogP contribution in [-0.4, -0.2) is 17.1 Å². The van der Waals surface area contributed by atoms with Crippen molar-refractivity contribution in [2.24, 2.45) is 5.73 Å². The SMILES string of the molecule is C[C@H](c1cccc2c1CCC2)[C@H](N)C(=O)O. The zero-order valence-corrected chi connectivity index (χ0v) is 9.44. The van der Waals surface area contributed by atoms with Gasteiger partial charge >= 0.3 is 5.97 Å². The Kier molecular flexibility index (Phi) is 2.97. The Labute approximate surface area is 95.3 Å². The van der Waals surface area contributed by atoms with Gasteiger partial charge in [0, 0.05) is 5.92 Å². The summed E-state index contributed by atoms with van der Waals surface area (Å²) >= 11 is 0. The van der Waals surface area contributed by atoms with Gasteiger partial charge in [0.2, 0.25) is 0 Å². The highest BCUT2D eigenvalue weighted by Crippen LogP contribution is 2.31. The van der Waals surface area contributed by atoms with E-state index in [0.29, 0.717) is 0 Å². The first kappa shape index (κ1) is 11.1. The predicted octanol–water partition coefficient (Wildman–Crippen LogP) is 1.69. The minimum absolute atomic E-state index is 0.120. The van der Waals surface area contributed by atoms with Gasteiger partial charge in [0.1, 0.15) is 6.04 Å². The van der Waals surface area contributed by atoms with E-state index in [4.69, 9.17) is 10.8 Å². The van der Waals surface area contributed by atoms with Crippen molar-refractivity contribution in [1.82, 2.24) is 0 Å². The lowest BCUT2D eigenvalue weighted by atomic mass is 9.88. The number of aryl methyl sites for hydroxylation is 1. The maximum atomic E-state index is 10.9. The number of rotatable bonds is 3. The molecule has 0 saturated heterocycles. The van der Waals surface area contributed by atoms with Crippen molar-refractivity contribution >= 4 is 5.97 Å². The monoisotopic (exact) mass is 219 g/mol. The second-order valence-electron chi connectivity index (χ2n) is 4.49. The third kappa shape index (κ3) is 1.83. The van der Waals surface area contributed by atoms with Crippen molar-refractivity contribution in [3.63, 3.8) is 0 Å². The molecule has 0 bridgehead atoms. The number of aliphatic carboxylic acids is 1. The van der Waals surface area contributed by atoms with Crippen molar-refractivity contribution in [2.75, 3.05) is 0 Å². The Balaban J connectivity index is 2.34. The molecule has 0 saturated carbocycles. The number of hydrogen-bond acceptors (Lipinski definition) is 2. The van der Waals surface area contributed by atoms with Crippen LogP contribution in [0.4, 0.5) is 0 Å². The maximum Gasteiger partial charge on any atom is 0.321 e. The Morgan fingerprint density at radius 2 is 2.19 bits per heavy atom. The van der Waals surface area contributed by atoms with E-state index < -0.39 is 12.0 Å². The summed E-state index contributed by atoms with van der Waals surface area (Å²) in [5.41, 5.74) is 9.49. The summed E-state index contributed by atoms with van der Waals surface area (Å²) in [6.07, 6.45) is 3.34. The molecular formula is C13H17NO2. The highest BCUT2D eigenvalue weighted by Gasteiger charge is 2.25. The average Bonchev–Trinajstić information content (AvgIpc) is 2.74. The molecule has 3 N–H and O–H groups in total. The quantitative estimate of drug-likeness (QED) is 0.813. The smallest absolute Gasteiger partial charge is 0.321 e. The Morgan fingerprint density at radius 3 is 2.88 bits per heavy atom.